The molecule has 3 nitrogen and oxygen atoms in total. The zero-order chi connectivity index (χ0) is 12.8. The van der Waals surface area contributed by atoms with Crippen LogP contribution in [-0.4, -0.2) is 27.8 Å². The van der Waals surface area contributed by atoms with Gasteiger partial charge < -0.3 is 11.1 Å². The highest BCUT2D eigenvalue weighted by Gasteiger charge is 2.04. The van der Waals surface area contributed by atoms with E-state index in [0.717, 1.165) is 29.8 Å². The van der Waals surface area contributed by atoms with Gasteiger partial charge in [-0.1, -0.05) is 23.8 Å². The van der Waals surface area contributed by atoms with Gasteiger partial charge in [-0.3, -0.25) is 4.21 Å². The quantitative estimate of drug-likeness (QED) is 0.611. The number of hydrogen-bond acceptors (Lipinski definition) is 3. The maximum absolute atomic E-state index is 10.9. The summed E-state index contributed by atoms with van der Waals surface area (Å²) < 4.78 is 10.9. The van der Waals surface area contributed by atoms with Crippen molar-refractivity contribution in [2.24, 2.45) is 5.73 Å². The van der Waals surface area contributed by atoms with E-state index in [4.69, 9.17) is 18.0 Å². The van der Waals surface area contributed by atoms with Crippen LogP contribution in [0.1, 0.15) is 17.5 Å². The van der Waals surface area contributed by atoms with Crippen LogP contribution >= 0.6 is 12.2 Å². The third-order valence-electron chi connectivity index (χ3n) is 2.36. The van der Waals surface area contributed by atoms with E-state index in [0.29, 0.717) is 10.7 Å². The molecule has 3 N–H and O–H groups in total. The lowest BCUT2D eigenvalue weighted by atomic mass is 10.1. The maximum Gasteiger partial charge on any atom is 0.106 e. The van der Waals surface area contributed by atoms with Gasteiger partial charge in [-0.05, 0) is 25.5 Å². The van der Waals surface area contributed by atoms with Crippen LogP contribution in [0.5, 0.6) is 0 Å². The summed E-state index contributed by atoms with van der Waals surface area (Å²) in [6.07, 6.45) is 2.58. The van der Waals surface area contributed by atoms with Gasteiger partial charge in [0.25, 0.3) is 0 Å². The average molecular weight is 270 g/mol. The molecule has 0 bridgehead atoms. The second-order valence-corrected chi connectivity index (χ2v) is 5.97. The van der Waals surface area contributed by atoms with E-state index in [2.05, 4.69) is 5.32 Å². The van der Waals surface area contributed by atoms with Crippen molar-refractivity contribution in [2.75, 3.05) is 23.9 Å². The van der Waals surface area contributed by atoms with Gasteiger partial charge in [0.2, 0.25) is 0 Å². The topological polar surface area (TPSA) is 55.1 Å². The first-order chi connectivity index (χ1) is 8.00. The Morgan fingerprint density at radius 3 is 2.82 bits per heavy atom. The van der Waals surface area contributed by atoms with Crippen molar-refractivity contribution < 1.29 is 4.21 Å². The Labute approximate surface area is 110 Å². The van der Waals surface area contributed by atoms with E-state index >= 15 is 0 Å². The average Bonchev–Trinajstić information content (AvgIpc) is 2.25. The number of aryl methyl sites for hydroxylation is 1. The van der Waals surface area contributed by atoms with Gasteiger partial charge in [-0.15, -0.1) is 0 Å². The van der Waals surface area contributed by atoms with E-state index < -0.39 is 10.8 Å². The van der Waals surface area contributed by atoms with Gasteiger partial charge in [-0.2, -0.15) is 0 Å². The minimum absolute atomic E-state index is 0.398. The lowest BCUT2D eigenvalue weighted by molar-refractivity contribution is 0.685. The Balaban J connectivity index is 2.64. The SMILES string of the molecule is Cc1ccc(NCCCS(C)=O)c(C(N)=S)c1. The number of anilines is 1. The molecule has 0 aliphatic rings. The Morgan fingerprint density at radius 1 is 1.53 bits per heavy atom. The lowest BCUT2D eigenvalue weighted by Crippen LogP contribution is -2.14. The van der Waals surface area contributed by atoms with Gasteiger partial charge in [0.1, 0.15) is 4.99 Å². The molecule has 1 aromatic carbocycles. The molecule has 0 aliphatic heterocycles. The first kappa shape index (κ1) is 14.1. The van der Waals surface area contributed by atoms with Crippen molar-refractivity contribution in [1.29, 1.82) is 0 Å². The molecule has 0 saturated heterocycles. The largest absolute Gasteiger partial charge is 0.389 e. The van der Waals surface area contributed by atoms with Crippen LogP contribution in [0.25, 0.3) is 0 Å². The summed E-state index contributed by atoms with van der Waals surface area (Å²) in [4.78, 5) is 0.398. The molecule has 0 radical (unpaired) electrons. The summed E-state index contributed by atoms with van der Waals surface area (Å²) in [6.45, 7) is 2.78. The number of hydrogen-bond donors (Lipinski definition) is 2. The molecule has 1 atom stereocenters. The number of nitrogens with two attached hydrogens (primary N) is 1. The number of thiocarbonyl (C=S) groups is 1. The fraction of sp³-hybridized carbons (Fsp3) is 0.417. The number of rotatable bonds is 6. The Morgan fingerprint density at radius 2 is 2.24 bits per heavy atom. The van der Waals surface area contributed by atoms with Crippen LogP contribution in [0.3, 0.4) is 0 Å². The molecule has 94 valence electrons. The number of nitrogens with one attached hydrogen (secondary N) is 1. The molecule has 0 saturated carbocycles. The molecule has 0 amide bonds. The van der Waals surface area contributed by atoms with Gasteiger partial charge in [0.05, 0.1) is 0 Å². The molecule has 0 fully saturated rings. The Kier molecular flexibility index (Phi) is 5.58. The highest BCUT2D eigenvalue weighted by atomic mass is 32.2. The summed E-state index contributed by atoms with van der Waals surface area (Å²) in [5, 5.41) is 3.28. The van der Waals surface area contributed by atoms with E-state index in [1.807, 2.05) is 25.1 Å². The third-order valence-corrected chi connectivity index (χ3v) is 3.45. The van der Waals surface area contributed by atoms with Crippen LogP contribution in [0, 0.1) is 6.92 Å². The van der Waals surface area contributed by atoms with Crippen LogP contribution in [0.2, 0.25) is 0 Å². The molecule has 0 heterocycles. The molecular weight excluding hydrogens is 252 g/mol. The van der Waals surface area contributed by atoms with Crippen molar-refractivity contribution in [2.45, 2.75) is 13.3 Å². The maximum atomic E-state index is 10.9. The van der Waals surface area contributed by atoms with Gasteiger partial charge >= 0.3 is 0 Å². The summed E-state index contributed by atoms with van der Waals surface area (Å²) >= 11 is 5.02. The monoisotopic (exact) mass is 270 g/mol. The second-order valence-electron chi connectivity index (χ2n) is 3.97. The van der Waals surface area contributed by atoms with Crippen LogP contribution < -0.4 is 11.1 Å². The van der Waals surface area contributed by atoms with Crippen LogP contribution in [-0.2, 0) is 10.8 Å². The lowest BCUT2D eigenvalue weighted by Gasteiger charge is -2.11. The van der Waals surface area contributed by atoms with Crippen molar-refractivity contribution in [3.63, 3.8) is 0 Å². The normalized spacial score (nSPS) is 12.1. The summed E-state index contributed by atoms with van der Waals surface area (Å²) in [5.41, 5.74) is 8.63. The molecule has 0 spiro atoms. The summed E-state index contributed by atoms with van der Waals surface area (Å²) in [7, 11) is -0.732. The van der Waals surface area contributed by atoms with E-state index in [9.17, 15) is 4.21 Å². The van der Waals surface area contributed by atoms with Crippen molar-refractivity contribution in [3.8, 4) is 0 Å². The highest BCUT2D eigenvalue weighted by Crippen LogP contribution is 2.17. The van der Waals surface area contributed by atoms with Crippen LogP contribution in [0.4, 0.5) is 5.69 Å². The minimum Gasteiger partial charge on any atom is -0.389 e. The predicted molar refractivity (Wildman–Crippen MR) is 79.1 cm³/mol. The first-order valence-corrected chi connectivity index (χ1v) is 7.58. The van der Waals surface area contributed by atoms with Crippen molar-refractivity contribution in [3.05, 3.63) is 29.3 Å². The Bertz CT molecular complexity index is 433. The molecule has 5 heteroatoms. The molecular formula is C12H18N2OS2. The fourth-order valence-corrected chi connectivity index (χ4v) is 2.23. The molecule has 1 unspecified atom stereocenters. The van der Waals surface area contributed by atoms with Crippen molar-refractivity contribution in [1.82, 2.24) is 0 Å². The van der Waals surface area contributed by atoms with E-state index in [-0.39, 0.29) is 0 Å². The van der Waals surface area contributed by atoms with E-state index in [1.165, 1.54) is 0 Å². The zero-order valence-corrected chi connectivity index (χ0v) is 11.8. The van der Waals surface area contributed by atoms with Gasteiger partial charge in [-0.25, -0.2) is 0 Å². The van der Waals surface area contributed by atoms with Crippen molar-refractivity contribution >= 4 is 33.7 Å². The predicted octanol–water partition coefficient (Wildman–Crippen LogP) is 1.81. The van der Waals surface area contributed by atoms with E-state index in [1.54, 1.807) is 6.26 Å². The fourth-order valence-electron chi connectivity index (χ4n) is 1.51. The van der Waals surface area contributed by atoms with Crippen LogP contribution in [0.15, 0.2) is 18.2 Å². The smallest absolute Gasteiger partial charge is 0.106 e. The molecule has 1 rings (SSSR count). The summed E-state index contributed by atoms with van der Waals surface area (Å²) in [6, 6.07) is 5.97. The zero-order valence-electron chi connectivity index (χ0n) is 10.2. The molecule has 0 aromatic heterocycles. The molecule has 17 heavy (non-hydrogen) atoms. The summed E-state index contributed by atoms with van der Waals surface area (Å²) in [5.74, 6) is 0.710. The number of benzene rings is 1. The second kappa shape index (κ2) is 6.71. The third kappa shape index (κ3) is 4.83. The minimum atomic E-state index is -0.732. The first-order valence-electron chi connectivity index (χ1n) is 5.45. The molecule has 0 aliphatic carbocycles. The van der Waals surface area contributed by atoms with Gasteiger partial charge in [0, 0.05) is 40.6 Å². The van der Waals surface area contributed by atoms with Gasteiger partial charge in [0.15, 0.2) is 0 Å². The highest BCUT2D eigenvalue weighted by molar-refractivity contribution is 7.84. The standard InChI is InChI=1S/C12H18N2OS2/c1-9-4-5-11(10(8-9)12(13)16)14-6-3-7-17(2)15/h4-5,8,14H,3,6-7H2,1-2H3,(H2,13,16). The molecule has 1 aromatic rings. The Hall–Kier alpha value is -0.940.